The number of nitrogens with zero attached hydrogens (tertiary/aromatic N) is 1. The number of rotatable bonds is 4. The fourth-order valence-electron chi connectivity index (χ4n) is 2.57. The van der Waals surface area contributed by atoms with Gasteiger partial charge in [0.25, 0.3) is 0 Å². The molecule has 1 aliphatic heterocycles. The first kappa shape index (κ1) is 15.3. The Morgan fingerprint density at radius 3 is 2.71 bits per heavy atom. The molecule has 114 valence electrons. The van der Waals surface area contributed by atoms with Gasteiger partial charge < -0.3 is 21.1 Å². The van der Waals surface area contributed by atoms with E-state index in [-0.39, 0.29) is 23.6 Å². The Labute approximate surface area is 123 Å². The number of benzene rings is 1. The second-order valence-corrected chi connectivity index (χ2v) is 5.45. The highest BCUT2D eigenvalue weighted by Gasteiger charge is 2.29. The summed E-state index contributed by atoms with van der Waals surface area (Å²) in [6.07, 6.45) is 1.19. The minimum atomic E-state index is -0.606. The predicted octanol–water partition coefficient (Wildman–Crippen LogP) is -0.001000. The molecule has 1 aliphatic rings. The molecule has 0 aliphatic carbocycles. The molecule has 0 saturated carbocycles. The quantitative estimate of drug-likeness (QED) is 0.727. The van der Waals surface area contributed by atoms with Crippen molar-refractivity contribution in [2.75, 3.05) is 13.1 Å². The van der Waals surface area contributed by atoms with Crippen LogP contribution in [0.5, 0.6) is 5.75 Å². The van der Waals surface area contributed by atoms with Gasteiger partial charge in [-0.3, -0.25) is 9.59 Å². The Morgan fingerprint density at radius 2 is 2.10 bits per heavy atom. The van der Waals surface area contributed by atoms with Crippen LogP contribution in [-0.2, 0) is 16.0 Å². The van der Waals surface area contributed by atoms with E-state index < -0.39 is 6.04 Å². The summed E-state index contributed by atoms with van der Waals surface area (Å²) in [4.78, 5) is 25.0. The lowest BCUT2D eigenvalue weighted by Gasteiger charge is -2.21. The molecule has 6 nitrogen and oxygen atoms in total. The molecule has 0 bridgehead atoms. The van der Waals surface area contributed by atoms with Gasteiger partial charge in [-0.1, -0.05) is 12.1 Å². The second-order valence-electron chi connectivity index (χ2n) is 5.45. The monoisotopic (exact) mass is 291 g/mol. The summed E-state index contributed by atoms with van der Waals surface area (Å²) in [5, 5.41) is 12.1. The lowest BCUT2D eigenvalue weighted by molar-refractivity contribution is -0.131. The van der Waals surface area contributed by atoms with E-state index in [1.807, 2.05) is 0 Å². The number of carbonyl (C=O) groups excluding carboxylic acids is 2. The first-order valence-electron chi connectivity index (χ1n) is 7.05. The number of phenolic OH excluding ortho intramolecular Hbond substituents is 1. The standard InChI is InChI=1S/C15H21N3O3/c1-10(19)17-12-6-7-18(9-12)15(21)14(16)8-11-2-4-13(20)5-3-11/h2-5,12,14,20H,6-9,16H2,1H3,(H,17,19). The van der Waals surface area contributed by atoms with Crippen molar-refractivity contribution in [3.05, 3.63) is 29.8 Å². The number of carbonyl (C=O) groups is 2. The number of aromatic hydroxyl groups is 1. The number of nitrogens with one attached hydrogen (secondary N) is 1. The van der Waals surface area contributed by atoms with Crippen LogP contribution >= 0.6 is 0 Å². The summed E-state index contributed by atoms with van der Waals surface area (Å²) < 4.78 is 0. The van der Waals surface area contributed by atoms with Crippen LogP contribution in [0.4, 0.5) is 0 Å². The molecule has 6 heteroatoms. The Morgan fingerprint density at radius 1 is 1.43 bits per heavy atom. The minimum absolute atomic E-state index is 0.0207. The average Bonchev–Trinajstić information content (AvgIpc) is 2.88. The smallest absolute Gasteiger partial charge is 0.239 e. The molecule has 2 rings (SSSR count). The van der Waals surface area contributed by atoms with E-state index in [2.05, 4.69) is 5.32 Å². The Hall–Kier alpha value is -2.08. The van der Waals surface area contributed by atoms with E-state index in [1.54, 1.807) is 29.2 Å². The maximum atomic E-state index is 12.3. The number of likely N-dealkylation sites (tertiary alicyclic amines) is 1. The average molecular weight is 291 g/mol. The molecule has 2 atom stereocenters. The van der Waals surface area contributed by atoms with Crippen molar-refractivity contribution in [2.24, 2.45) is 5.73 Å². The van der Waals surface area contributed by atoms with Gasteiger partial charge in [-0.15, -0.1) is 0 Å². The molecular formula is C15H21N3O3. The molecule has 21 heavy (non-hydrogen) atoms. The van der Waals surface area contributed by atoms with Crippen molar-refractivity contribution < 1.29 is 14.7 Å². The topological polar surface area (TPSA) is 95.7 Å². The van der Waals surface area contributed by atoms with Crippen LogP contribution in [0.25, 0.3) is 0 Å². The molecule has 0 aromatic heterocycles. The zero-order valence-electron chi connectivity index (χ0n) is 12.1. The van der Waals surface area contributed by atoms with Gasteiger partial charge in [-0.05, 0) is 30.5 Å². The summed E-state index contributed by atoms with van der Waals surface area (Å²) in [6.45, 7) is 2.61. The zero-order chi connectivity index (χ0) is 15.4. The van der Waals surface area contributed by atoms with Crippen LogP contribution in [-0.4, -0.2) is 47.0 Å². The van der Waals surface area contributed by atoms with Gasteiger partial charge in [0.1, 0.15) is 5.75 Å². The first-order valence-corrected chi connectivity index (χ1v) is 7.05. The highest BCUT2D eigenvalue weighted by Crippen LogP contribution is 2.14. The SMILES string of the molecule is CC(=O)NC1CCN(C(=O)C(N)Cc2ccc(O)cc2)C1. The summed E-state index contributed by atoms with van der Waals surface area (Å²) in [5.74, 6) is 0.00922. The highest BCUT2D eigenvalue weighted by molar-refractivity contribution is 5.82. The van der Waals surface area contributed by atoms with Crippen LogP contribution in [0.1, 0.15) is 18.9 Å². The summed E-state index contributed by atoms with van der Waals surface area (Å²) in [6, 6.07) is 6.08. The Balaban J connectivity index is 1.88. The lowest BCUT2D eigenvalue weighted by atomic mass is 10.1. The third kappa shape index (κ3) is 4.19. The molecule has 2 amide bonds. The van der Waals surface area contributed by atoms with Crippen molar-refractivity contribution in [3.63, 3.8) is 0 Å². The number of nitrogens with two attached hydrogens (primary N) is 1. The van der Waals surface area contributed by atoms with Crippen LogP contribution < -0.4 is 11.1 Å². The van der Waals surface area contributed by atoms with Crippen molar-refractivity contribution >= 4 is 11.8 Å². The van der Waals surface area contributed by atoms with E-state index in [9.17, 15) is 14.7 Å². The van der Waals surface area contributed by atoms with Crippen LogP contribution in [0.2, 0.25) is 0 Å². The van der Waals surface area contributed by atoms with Crippen LogP contribution in [0, 0.1) is 0 Å². The molecule has 0 radical (unpaired) electrons. The first-order chi connectivity index (χ1) is 9.95. The van der Waals surface area contributed by atoms with Crippen LogP contribution in [0.3, 0.4) is 0 Å². The molecule has 0 spiro atoms. The third-order valence-electron chi connectivity index (χ3n) is 3.62. The molecular weight excluding hydrogens is 270 g/mol. The minimum Gasteiger partial charge on any atom is -0.508 e. The highest BCUT2D eigenvalue weighted by atomic mass is 16.3. The molecule has 4 N–H and O–H groups in total. The zero-order valence-corrected chi connectivity index (χ0v) is 12.1. The molecule has 1 aromatic carbocycles. The van der Waals surface area contributed by atoms with E-state index in [1.165, 1.54) is 6.92 Å². The predicted molar refractivity (Wildman–Crippen MR) is 78.6 cm³/mol. The number of hydrogen-bond donors (Lipinski definition) is 3. The summed E-state index contributed by atoms with van der Waals surface area (Å²) in [7, 11) is 0. The van der Waals surface area contributed by atoms with Crippen molar-refractivity contribution in [1.82, 2.24) is 10.2 Å². The van der Waals surface area contributed by atoms with Crippen molar-refractivity contribution in [3.8, 4) is 5.75 Å². The van der Waals surface area contributed by atoms with Crippen molar-refractivity contribution in [2.45, 2.75) is 31.8 Å². The van der Waals surface area contributed by atoms with E-state index in [4.69, 9.17) is 5.73 Å². The molecule has 1 aromatic rings. The Bertz CT molecular complexity index is 515. The summed E-state index contributed by atoms with van der Waals surface area (Å²) in [5.41, 5.74) is 6.88. The van der Waals surface area contributed by atoms with Gasteiger partial charge in [0, 0.05) is 26.1 Å². The van der Waals surface area contributed by atoms with Gasteiger partial charge in [-0.25, -0.2) is 0 Å². The maximum Gasteiger partial charge on any atom is 0.239 e. The number of hydrogen-bond acceptors (Lipinski definition) is 4. The normalized spacial score (nSPS) is 19.3. The van der Waals surface area contributed by atoms with E-state index >= 15 is 0 Å². The van der Waals surface area contributed by atoms with E-state index in [0.29, 0.717) is 19.5 Å². The second kappa shape index (κ2) is 6.58. The molecule has 1 heterocycles. The van der Waals surface area contributed by atoms with Crippen molar-refractivity contribution in [1.29, 1.82) is 0 Å². The largest absolute Gasteiger partial charge is 0.508 e. The van der Waals surface area contributed by atoms with Crippen LogP contribution in [0.15, 0.2) is 24.3 Å². The van der Waals surface area contributed by atoms with E-state index in [0.717, 1.165) is 12.0 Å². The molecule has 1 saturated heterocycles. The fraction of sp³-hybridized carbons (Fsp3) is 0.467. The number of phenols is 1. The van der Waals surface area contributed by atoms with Gasteiger partial charge >= 0.3 is 0 Å². The third-order valence-corrected chi connectivity index (χ3v) is 3.62. The van der Waals surface area contributed by atoms with Gasteiger partial charge in [0.2, 0.25) is 11.8 Å². The fourth-order valence-corrected chi connectivity index (χ4v) is 2.57. The summed E-state index contributed by atoms with van der Waals surface area (Å²) >= 11 is 0. The van der Waals surface area contributed by atoms with Gasteiger partial charge in [0.15, 0.2) is 0 Å². The Kier molecular flexibility index (Phi) is 4.80. The molecule has 1 fully saturated rings. The molecule has 2 unspecified atom stereocenters. The van der Waals surface area contributed by atoms with Gasteiger partial charge in [-0.2, -0.15) is 0 Å². The van der Waals surface area contributed by atoms with Gasteiger partial charge in [0.05, 0.1) is 6.04 Å². The number of amides is 2. The maximum absolute atomic E-state index is 12.3. The lowest BCUT2D eigenvalue weighted by Crippen LogP contribution is -2.45.